The van der Waals surface area contributed by atoms with Crippen LogP contribution in [0.3, 0.4) is 0 Å². The number of hydrogen-bond donors (Lipinski definition) is 0. The van der Waals surface area contributed by atoms with Crippen molar-refractivity contribution < 1.29 is 13.5 Å². The molecular formula is C12H15ClF2O. The zero-order valence-electron chi connectivity index (χ0n) is 9.18. The highest BCUT2D eigenvalue weighted by Crippen LogP contribution is 2.24. The van der Waals surface area contributed by atoms with Crippen LogP contribution in [-0.4, -0.2) is 12.5 Å². The molecule has 0 saturated carbocycles. The van der Waals surface area contributed by atoms with Crippen molar-refractivity contribution in [2.24, 2.45) is 0 Å². The molecule has 0 heterocycles. The summed E-state index contributed by atoms with van der Waals surface area (Å²) in [5.41, 5.74) is 1.92. The molecule has 0 atom stereocenters. The molecule has 4 heteroatoms. The van der Waals surface area contributed by atoms with E-state index in [0.717, 1.165) is 24.0 Å². The van der Waals surface area contributed by atoms with Crippen LogP contribution < -0.4 is 4.74 Å². The maximum Gasteiger partial charge on any atom is 0.387 e. The summed E-state index contributed by atoms with van der Waals surface area (Å²) >= 11 is 5.59. The Bertz CT molecular complexity index is 329. The van der Waals surface area contributed by atoms with Gasteiger partial charge < -0.3 is 4.74 Å². The second-order valence-corrected chi connectivity index (χ2v) is 3.84. The molecule has 0 amide bonds. The Hall–Kier alpha value is -0.830. The van der Waals surface area contributed by atoms with Crippen molar-refractivity contribution in [3.8, 4) is 5.75 Å². The first-order valence-corrected chi connectivity index (χ1v) is 5.83. The number of ether oxygens (including phenoxy) is 1. The normalized spacial score (nSPS) is 10.8. The summed E-state index contributed by atoms with van der Waals surface area (Å²) in [4.78, 5) is 0. The molecule has 0 spiro atoms. The summed E-state index contributed by atoms with van der Waals surface area (Å²) < 4.78 is 28.8. The first-order valence-electron chi connectivity index (χ1n) is 5.30. The molecular weight excluding hydrogens is 234 g/mol. The highest BCUT2D eigenvalue weighted by atomic mass is 35.5. The minimum atomic E-state index is -2.78. The predicted octanol–water partition coefficient (Wildman–Crippen LogP) is 4.02. The van der Waals surface area contributed by atoms with Crippen molar-refractivity contribution >= 4 is 11.6 Å². The first-order chi connectivity index (χ1) is 7.67. The summed E-state index contributed by atoms with van der Waals surface area (Å²) in [7, 11) is 0. The third-order valence-corrected chi connectivity index (χ3v) is 2.60. The van der Waals surface area contributed by atoms with Gasteiger partial charge in [0.1, 0.15) is 5.75 Å². The molecule has 0 N–H and O–H groups in total. The molecule has 0 bridgehead atoms. The second kappa shape index (κ2) is 6.69. The van der Waals surface area contributed by atoms with E-state index in [2.05, 4.69) is 4.74 Å². The Balaban J connectivity index is 2.87. The summed E-state index contributed by atoms with van der Waals surface area (Å²) in [5, 5.41) is 0. The highest BCUT2D eigenvalue weighted by Gasteiger charge is 2.09. The van der Waals surface area contributed by atoms with Crippen molar-refractivity contribution in [2.75, 3.05) is 5.88 Å². The van der Waals surface area contributed by atoms with E-state index in [1.54, 1.807) is 6.07 Å². The van der Waals surface area contributed by atoms with Crippen LogP contribution >= 0.6 is 11.6 Å². The van der Waals surface area contributed by atoms with Crippen LogP contribution in [0, 0.1) is 0 Å². The summed E-state index contributed by atoms with van der Waals surface area (Å²) in [6.45, 7) is -0.754. The van der Waals surface area contributed by atoms with Gasteiger partial charge in [0.2, 0.25) is 0 Å². The first kappa shape index (κ1) is 13.2. The van der Waals surface area contributed by atoms with Gasteiger partial charge in [-0.1, -0.05) is 19.1 Å². The van der Waals surface area contributed by atoms with E-state index in [0.29, 0.717) is 12.3 Å². The van der Waals surface area contributed by atoms with Gasteiger partial charge in [0.05, 0.1) is 0 Å². The lowest BCUT2D eigenvalue weighted by Crippen LogP contribution is -2.05. The number of hydrogen-bond acceptors (Lipinski definition) is 1. The van der Waals surface area contributed by atoms with Gasteiger partial charge in [0, 0.05) is 5.88 Å². The molecule has 0 aliphatic carbocycles. The predicted molar refractivity (Wildman–Crippen MR) is 61.5 cm³/mol. The molecule has 0 aliphatic rings. The van der Waals surface area contributed by atoms with Gasteiger partial charge in [0.25, 0.3) is 0 Å². The average molecular weight is 249 g/mol. The van der Waals surface area contributed by atoms with Gasteiger partial charge in [-0.05, 0) is 36.5 Å². The summed E-state index contributed by atoms with van der Waals surface area (Å²) in [6, 6.07) is 5.32. The molecule has 0 radical (unpaired) electrons. The van der Waals surface area contributed by atoms with Gasteiger partial charge in [-0.15, -0.1) is 11.6 Å². The van der Waals surface area contributed by atoms with E-state index >= 15 is 0 Å². The van der Waals surface area contributed by atoms with E-state index < -0.39 is 6.61 Å². The fourth-order valence-electron chi connectivity index (χ4n) is 1.52. The zero-order valence-corrected chi connectivity index (χ0v) is 9.94. The molecule has 0 unspecified atom stereocenters. The van der Waals surface area contributed by atoms with Gasteiger partial charge in [-0.3, -0.25) is 0 Å². The Kier molecular flexibility index (Phi) is 5.53. The fraction of sp³-hybridized carbons (Fsp3) is 0.500. The number of alkyl halides is 3. The molecule has 0 aliphatic heterocycles. The quantitative estimate of drug-likeness (QED) is 0.691. The topological polar surface area (TPSA) is 9.23 Å². The lowest BCUT2D eigenvalue weighted by molar-refractivity contribution is -0.0504. The van der Waals surface area contributed by atoms with Gasteiger partial charge in [-0.25, -0.2) is 0 Å². The molecule has 90 valence electrons. The minimum absolute atomic E-state index is 0.261. The van der Waals surface area contributed by atoms with E-state index in [9.17, 15) is 8.78 Å². The molecule has 1 rings (SSSR count). The van der Waals surface area contributed by atoms with Crippen LogP contribution in [0.25, 0.3) is 0 Å². The molecule has 0 saturated heterocycles. The van der Waals surface area contributed by atoms with Gasteiger partial charge in [-0.2, -0.15) is 8.78 Å². The molecule has 0 fully saturated rings. The fourth-order valence-corrected chi connectivity index (χ4v) is 1.65. The lowest BCUT2D eigenvalue weighted by Gasteiger charge is -2.11. The van der Waals surface area contributed by atoms with Gasteiger partial charge >= 0.3 is 6.61 Å². The van der Waals surface area contributed by atoms with Crippen LogP contribution in [0.1, 0.15) is 24.5 Å². The zero-order chi connectivity index (χ0) is 12.0. The average Bonchev–Trinajstić information content (AvgIpc) is 2.27. The number of rotatable bonds is 6. The van der Waals surface area contributed by atoms with Crippen LogP contribution in [-0.2, 0) is 12.8 Å². The molecule has 16 heavy (non-hydrogen) atoms. The Morgan fingerprint density at radius 3 is 2.69 bits per heavy atom. The van der Waals surface area contributed by atoms with Gasteiger partial charge in [0.15, 0.2) is 0 Å². The van der Waals surface area contributed by atoms with Crippen LogP contribution in [0.2, 0.25) is 0 Å². The Morgan fingerprint density at radius 1 is 1.38 bits per heavy atom. The van der Waals surface area contributed by atoms with Crippen molar-refractivity contribution in [3.05, 3.63) is 29.3 Å². The van der Waals surface area contributed by atoms with E-state index in [4.69, 9.17) is 11.6 Å². The van der Waals surface area contributed by atoms with Crippen molar-refractivity contribution in [2.45, 2.75) is 32.8 Å². The third-order valence-electron chi connectivity index (χ3n) is 2.33. The highest BCUT2D eigenvalue weighted by molar-refractivity contribution is 6.17. The van der Waals surface area contributed by atoms with Crippen LogP contribution in [0.5, 0.6) is 5.75 Å². The molecule has 1 nitrogen and oxygen atoms in total. The third kappa shape index (κ3) is 3.97. The summed E-state index contributed by atoms with van der Waals surface area (Å²) in [6.07, 6.45) is 2.30. The van der Waals surface area contributed by atoms with E-state index in [-0.39, 0.29) is 5.75 Å². The molecule has 1 aromatic rings. The Morgan fingerprint density at radius 2 is 2.12 bits per heavy atom. The number of aryl methyl sites for hydroxylation is 2. The SMILES string of the molecule is CCc1ccc(OC(F)F)c(CCCCl)c1. The number of halogens is 3. The van der Waals surface area contributed by atoms with E-state index in [1.807, 2.05) is 19.1 Å². The maximum atomic E-state index is 12.2. The second-order valence-electron chi connectivity index (χ2n) is 3.47. The van der Waals surface area contributed by atoms with Crippen molar-refractivity contribution in [3.63, 3.8) is 0 Å². The molecule has 1 aromatic carbocycles. The Labute approximate surface area is 99.4 Å². The standard InChI is InChI=1S/C12H15ClF2O/c1-2-9-5-6-11(16-12(14)15)10(8-9)4-3-7-13/h5-6,8,12H,2-4,7H2,1H3. The lowest BCUT2D eigenvalue weighted by atomic mass is 10.0. The van der Waals surface area contributed by atoms with Crippen LogP contribution in [0.15, 0.2) is 18.2 Å². The monoisotopic (exact) mass is 248 g/mol. The largest absolute Gasteiger partial charge is 0.435 e. The van der Waals surface area contributed by atoms with E-state index in [1.165, 1.54) is 0 Å². The number of benzene rings is 1. The molecule has 0 aromatic heterocycles. The maximum absolute atomic E-state index is 12.2. The smallest absolute Gasteiger partial charge is 0.387 e. The van der Waals surface area contributed by atoms with Crippen molar-refractivity contribution in [1.29, 1.82) is 0 Å². The summed E-state index contributed by atoms with van der Waals surface area (Å²) in [5.74, 6) is 0.780. The van der Waals surface area contributed by atoms with Crippen molar-refractivity contribution in [1.82, 2.24) is 0 Å². The minimum Gasteiger partial charge on any atom is -0.435 e. The van der Waals surface area contributed by atoms with Crippen LogP contribution in [0.4, 0.5) is 8.78 Å².